The summed E-state index contributed by atoms with van der Waals surface area (Å²) < 4.78 is 1.29. The van der Waals surface area contributed by atoms with E-state index in [-0.39, 0.29) is 0 Å². The van der Waals surface area contributed by atoms with E-state index in [0.717, 1.165) is 0 Å². The van der Waals surface area contributed by atoms with Gasteiger partial charge >= 0.3 is 0 Å². The molecule has 1 nitrogen and oxygen atoms in total. The fourth-order valence-corrected chi connectivity index (χ4v) is 2.67. The molecule has 1 saturated carbocycles. The first-order valence-corrected chi connectivity index (χ1v) is 5.81. The van der Waals surface area contributed by atoms with Crippen LogP contribution in [0.15, 0.2) is 0 Å². The van der Waals surface area contributed by atoms with Gasteiger partial charge in [0.1, 0.15) is 0 Å². The van der Waals surface area contributed by atoms with E-state index in [0.29, 0.717) is 11.0 Å². The van der Waals surface area contributed by atoms with Crippen LogP contribution in [-0.4, -0.2) is 17.0 Å². The second kappa shape index (κ2) is 3.21. The molecule has 0 spiro atoms. The maximum atomic E-state index is 3.43. The van der Waals surface area contributed by atoms with Gasteiger partial charge in [0, 0.05) is 9.97 Å². The van der Waals surface area contributed by atoms with E-state index in [1.165, 1.54) is 23.7 Å². The van der Waals surface area contributed by atoms with Gasteiger partial charge in [-0.3, -0.25) is 0 Å². The molecule has 1 rings (SSSR count). The van der Waals surface area contributed by atoms with Gasteiger partial charge in [0.05, 0.1) is 0 Å². The van der Waals surface area contributed by atoms with Crippen molar-refractivity contribution >= 4 is 22.6 Å². The molecule has 0 bridgehead atoms. The fraction of sp³-hybridized carbons (Fsp3) is 1.00. The lowest BCUT2D eigenvalue weighted by molar-refractivity contribution is 0.328. The van der Waals surface area contributed by atoms with Crippen LogP contribution < -0.4 is 5.32 Å². The van der Waals surface area contributed by atoms with E-state index in [9.17, 15) is 0 Å². The number of nitrogens with one attached hydrogen (secondary N) is 1. The maximum Gasteiger partial charge on any atom is 0.0156 e. The summed E-state index contributed by atoms with van der Waals surface area (Å²) in [6, 6.07) is 0. The number of rotatable bonds is 2. The van der Waals surface area contributed by atoms with E-state index in [1.54, 1.807) is 0 Å². The summed E-state index contributed by atoms with van der Waals surface area (Å²) in [5.74, 6) is 0. The molecule has 0 amide bonds. The molecule has 0 aromatic heterocycles. The Balaban J connectivity index is 2.58. The third-order valence-electron chi connectivity index (χ3n) is 3.02. The zero-order valence-corrected chi connectivity index (χ0v) is 9.86. The minimum Gasteiger partial charge on any atom is -0.315 e. The molecule has 0 aromatic rings. The Morgan fingerprint density at radius 3 is 2.27 bits per heavy atom. The highest BCUT2D eigenvalue weighted by molar-refractivity contribution is 14.1. The van der Waals surface area contributed by atoms with Gasteiger partial charge in [0.15, 0.2) is 0 Å². The van der Waals surface area contributed by atoms with Crippen molar-refractivity contribution in [1.82, 2.24) is 5.32 Å². The zero-order valence-electron chi connectivity index (χ0n) is 7.71. The fourth-order valence-electron chi connectivity index (χ4n) is 2.02. The van der Waals surface area contributed by atoms with E-state index >= 15 is 0 Å². The monoisotopic (exact) mass is 267 g/mol. The third-order valence-corrected chi connectivity index (χ3v) is 4.86. The predicted molar refractivity (Wildman–Crippen MR) is 58.3 cm³/mol. The lowest BCUT2D eigenvalue weighted by atomic mass is 9.89. The van der Waals surface area contributed by atoms with E-state index in [2.05, 4.69) is 48.8 Å². The molecule has 0 saturated heterocycles. The third kappa shape index (κ3) is 2.08. The van der Waals surface area contributed by atoms with Gasteiger partial charge in [0.25, 0.3) is 0 Å². The summed E-state index contributed by atoms with van der Waals surface area (Å²) in [5, 5.41) is 3.43. The number of hydrogen-bond acceptors (Lipinski definition) is 1. The quantitative estimate of drug-likeness (QED) is 0.599. The first-order valence-electron chi connectivity index (χ1n) is 4.29. The lowest BCUT2D eigenvalue weighted by Crippen LogP contribution is -2.37. The van der Waals surface area contributed by atoms with Gasteiger partial charge in [-0.25, -0.2) is 0 Å². The van der Waals surface area contributed by atoms with Gasteiger partial charge < -0.3 is 5.32 Å². The van der Waals surface area contributed by atoms with Crippen molar-refractivity contribution in [1.29, 1.82) is 0 Å². The van der Waals surface area contributed by atoms with Crippen LogP contribution in [0.25, 0.3) is 0 Å². The summed E-state index contributed by atoms with van der Waals surface area (Å²) in [7, 11) is 2.08. The van der Waals surface area contributed by atoms with Crippen LogP contribution in [0.5, 0.6) is 0 Å². The topological polar surface area (TPSA) is 12.0 Å². The van der Waals surface area contributed by atoms with Crippen LogP contribution in [0.2, 0.25) is 0 Å². The molecule has 1 aliphatic carbocycles. The summed E-state index contributed by atoms with van der Waals surface area (Å²) in [6.45, 7) is 4.74. The Hall–Kier alpha value is 0.690. The van der Waals surface area contributed by atoms with Gasteiger partial charge in [-0.15, -0.1) is 0 Å². The van der Waals surface area contributed by atoms with Crippen LogP contribution in [0.1, 0.15) is 33.1 Å². The minimum absolute atomic E-state index is 0.417. The number of alkyl halides is 1. The van der Waals surface area contributed by atoms with Gasteiger partial charge in [-0.05, 0) is 38.6 Å². The Labute approximate surface area is 83.5 Å². The molecule has 1 aliphatic rings. The zero-order chi connectivity index (χ0) is 8.54. The molecule has 1 N–H and O–H groups in total. The second-order valence-corrected chi connectivity index (χ2v) is 5.19. The Morgan fingerprint density at radius 1 is 1.36 bits per heavy atom. The Bertz CT molecular complexity index is 132. The maximum absolute atomic E-state index is 3.43. The molecule has 2 unspecified atom stereocenters. The van der Waals surface area contributed by atoms with Crippen LogP contribution in [0.3, 0.4) is 0 Å². The van der Waals surface area contributed by atoms with Gasteiger partial charge in [-0.2, -0.15) is 0 Å². The van der Waals surface area contributed by atoms with Gasteiger partial charge in [0.2, 0.25) is 0 Å². The number of hydrogen-bond donors (Lipinski definition) is 1. The van der Waals surface area contributed by atoms with E-state index in [4.69, 9.17) is 0 Å². The average molecular weight is 267 g/mol. The second-order valence-electron chi connectivity index (χ2n) is 4.43. The molecule has 0 heterocycles. The SMILES string of the molecule is CNC1(C)CCC(C)(CI)C1. The molecule has 0 aromatic carbocycles. The lowest BCUT2D eigenvalue weighted by Gasteiger charge is -2.27. The highest BCUT2D eigenvalue weighted by Gasteiger charge is 2.40. The predicted octanol–water partition coefficient (Wildman–Crippen LogP) is 2.59. The smallest absolute Gasteiger partial charge is 0.0156 e. The molecule has 2 atom stereocenters. The summed E-state index contributed by atoms with van der Waals surface area (Å²) in [6.07, 6.45) is 4.05. The highest BCUT2D eigenvalue weighted by atomic mass is 127. The van der Waals surface area contributed by atoms with Crippen molar-refractivity contribution in [2.75, 3.05) is 11.5 Å². The first kappa shape index (κ1) is 9.78. The minimum atomic E-state index is 0.417. The van der Waals surface area contributed by atoms with Crippen molar-refractivity contribution < 1.29 is 0 Å². The molecule has 1 fully saturated rings. The molecule has 0 radical (unpaired) electrons. The first-order chi connectivity index (χ1) is 5.04. The van der Waals surface area contributed by atoms with Crippen molar-refractivity contribution in [3.05, 3.63) is 0 Å². The summed E-state index contributed by atoms with van der Waals surface area (Å²) >= 11 is 2.51. The van der Waals surface area contributed by atoms with Crippen molar-refractivity contribution in [3.63, 3.8) is 0 Å². The normalized spacial score (nSPS) is 44.7. The molecule has 2 heteroatoms. The van der Waals surface area contributed by atoms with Crippen molar-refractivity contribution in [3.8, 4) is 0 Å². The molecule has 11 heavy (non-hydrogen) atoms. The molecular weight excluding hydrogens is 249 g/mol. The molecular formula is C9H18IN. The van der Waals surface area contributed by atoms with Crippen LogP contribution in [0, 0.1) is 5.41 Å². The standard InChI is InChI=1S/C9H18IN/c1-8(7-10)4-5-9(2,6-8)11-3/h11H,4-7H2,1-3H3. The largest absolute Gasteiger partial charge is 0.315 e. The van der Waals surface area contributed by atoms with E-state index in [1.807, 2.05) is 0 Å². The van der Waals surface area contributed by atoms with Crippen LogP contribution >= 0.6 is 22.6 Å². The summed E-state index contributed by atoms with van der Waals surface area (Å²) in [4.78, 5) is 0. The van der Waals surface area contributed by atoms with Crippen molar-refractivity contribution in [2.24, 2.45) is 5.41 Å². The summed E-state index contributed by atoms with van der Waals surface area (Å²) in [5.41, 5.74) is 1.01. The van der Waals surface area contributed by atoms with Crippen LogP contribution in [-0.2, 0) is 0 Å². The average Bonchev–Trinajstić information content (AvgIpc) is 2.30. The van der Waals surface area contributed by atoms with Gasteiger partial charge in [-0.1, -0.05) is 29.5 Å². The molecule has 0 aliphatic heterocycles. The number of halogens is 1. The Morgan fingerprint density at radius 2 is 2.00 bits per heavy atom. The van der Waals surface area contributed by atoms with Crippen molar-refractivity contribution in [2.45, 2.75) is 38.6 Å². The highest BCUT2D eigenvalue weighted by Crippen LogP contribution is 2.44. The Kier molecular flexibility index (Phi) is 2.85. The van der Waals surface area contributed by atoms with E-state index < -0.39 is 0 Å². The van der Waals surface area contributed by atoms with Crippen LogP contribution in [0.4, 0.5) is 0 Å². The molecule has 66 valence electrons.